The lowest BCUT2D eigenvalue weighted by Gasteiger charge is -2.11. The number of imide groups is 1. The van der Waals surface area contributed by atoms with E-state index in [4.69, 9.17) is 0 Å². The van der Waals surface area contributed by atoms with Crippen molar-refractivity contribution in [1.29, 1.82) is 0 Å². The molecule has 0 saturated heterocycles. The third-order valence-corrected chi connectivity index (χ3v) is 1.59. The molecule has 0 unspecified atom stereocenters. The Morgan fingerprint density at radius 3 is 2.30 bits per heavy atom. The van der Waals surface area contributed by atoms with E-state index in [0.29, 0.717) is 0 Å². The second kappa shape index (κ2) is 4.16. The first-order valence-electron chi connectivity index (χ1n) is 2.67. The Morgan fingerprint density at radius 2 is 2.00 bits per heavy atom. The fourth-order valence-corrected chi connectivity index (χ4v) is 0.744. The van der Waals surface area contributed by atoms with Gasteiger partial charge in [0.25, 0.3) is 5.24 Å². The third kappa shape index (κ3) is 2.26. The van der Waals surface area contributed by atoms with Crippen LogP contribution in [0, 0.1) is 0 Å². The van der Waals surface area contributed by atoms with Gasteiger partial charge in [0.15, 0.2) is 0 Å². The molecule has 0 aromatic heterocycles. The van der Waals surface area contributed by atoms with Gasteiger partial charge in [-0.15, -0.1) is 0 Å². The van der Waals surface area contributed by atoms with Gasteiger partial charge in [-0.05, 0) is 6.26 Å². The van der Waals surface area contributed by atoms with Crippen molar-refractivity contribution in [2.45, 2.75) is 0 Å². The predicted octanol–water partition coefficient (Wildman–Crippen LogP) is 0.741. The number of nitrogens with zero attached hydrogens (tertiary/aromatic N) is 1. The zero-order chi connectivity index (χ0) is 8.15. The average molecular weight is 162 g/mol. The summed E-state index contributed by atoms with van der Waals surface area (Å²) in [5.41, 5.74) is 0. The van der Waals surface area contributed by atoms with Crippen molar-refractivity contribution >= 4 is 23.0 Å². The molecular weight excluding hydrogens is 152 g/mol. The van der Waals surface area contributed by atoms with Crippen LogP contribution >= 0.6 is 11.8 Å². The molecule has 0 aliphatic rings. The highest BCUT2D eigenvalue weighted by atomic mass is 32.2. The molecule has 0 aromatic carbocycles. The van der Waals surface area contributed by atoms with Crippen molar-refractivity contribution in [2.24, 2.45) is 0 Å². The fourth-order valence-electron chi connectivity index (χ4n) is 0.388. The molecule has 5 heteroatoms. The topological polar surface area (TPSA) is 49.4 Å². The van der Waals surface area contributed by atoms with E-state index in [-0.39, 0.29) is 11.3 Å². The summed E-state index contributed by atoms with van der Waals surface area (Å²) in [5.74, 6) is 0. The summed E-state index contributed by atoms with van der Waals surface area (Å²) in [6.07, 6.45) is 1.63. The van der Waals surface area contributed by atoms with Crippen molar-refractivity contribution in [1.82, 2.24) is 10.2 Å². The van der Waals surface area contributed by atoms with Gasteiger partial charge in [-0.3, -0.25) is 9.69 Å². The van der Waals surface area contributed by atoms with E-state index in [1.165, 1.54) is 14.1 Å². The Labute approximate surface area is 64.0 Å². The van der Waals surface area contributed by atoms with E-state index >= 15 is 0 Å². The van der Waals surface area contributed by atoms with E-state index in [1.807, 2.05) is 0 Å². The molecule has 4 nitrogen and oxygen atoms in total. The van der Waals surface area contributed by atoms with Crippen LogP contribution in [0.2, 0.25) is 0 Å². The van der Waals surface area contributed by atoms with Gasteiger partial charge in [-0.25, -0.2) is 4.79 Å². The van der Waals surface area contributed by atoms with Crippen molar-refractivity contribution in [3.63, 3.8) is 0 Å². The molecule has 58 valence electrons. The molecule has 0 aliphatic heterocycles. The maximum absolute atomic E-state index is 10.7. The predicted molar refractivity (Wildman–Crippen MR) is 41.1 cm³/mol. The molecule has 0 saturated carbocycles. The van der Waals surface area contributed by atoms with Gasteiger partial charge >= 0.3 is 6.03 Å². The minimum absolute atomic E-state index is 0.264. The highest BCUT2D eigenvalue weighted by Gasteiger charge is 2.12. The molecule has 0 radical (unpaired) electrons. The van der Waals surface area contributed by atoms with Crippen LogP contribution in [0.4, 0.5) is 9.59 Å². The maximum atomic E-state index is 10.7. The number of urea groups is 1. The normalized spacial score (nSPS) is 8.70. The SMILES string of the molecule is CNC(=O)N(C)C(=O)SC. The highest BCUT2D eigenvalue weighted by Crippen LogP contribution is 2.00. The first kappa shape index (κ1) is 9.29. The Kier molecular flexibility index (Phi) is 3.87. The molecule has 0 spiro atoms. The summed E-state index contributed by atoms with van der Waals surface area (Å²) in [6.45, 7) is 0. The highest BCUT2D eigenvalue weighted by molar-refractivity contribution is 8.12. The summed E-state index contributed by atoms with van der Waals surface area (Å²) < 4.78 is 0. The fraction of sp³-hybridized carbons (Fsp3) is 0.600. The largest absolute Gasteiger partial charge is 0.341 e. The van der Waals surface area contributed by atoms with Gasteiger partial charge in [0.1, 0.15) is 0 Å². The van der Waals surface area contributed by atoms with E-state index in [0.717, 1.165) is 16.7 Å². The number of nitrogens with one attached hydrogen (secondary N) is 1. The van der Waals surface area contributed by atoms with E-state index in [9.17, 15) is 9.59 Å². The number of rotatable bonds is 0. The quantitative estimate of drug-likeness (QED) is 0.571. The lowest BCUT2D eigenvalue weighted by Crippen LogP contribution is -2.37. The average Bonchev–Trinajstić information content (AvgIpc) is 2.00. The molecule has 10 heavy (non-hydrogen) atoms. The van der Waals surface area contributed by atoms with Gasteiger partial charge < -0.3 is 5.32 Å². The van der Waals surface area contributed by atoms with Crippen LogP contribution in [0.15, 0.2) is 0 Å². The van der Waals surface area contributed by atoms with Gasteiger partial charge in [0.2, 0.25) is 0 Å². The van der Waals surface area contributed by atoms with Crippen LogP contribution in [0.3, 0.4) is 0 Å². The van der Waals surface area contributed by atoms with Crippen molar-refractivity contribution in [3.8, 4) is 0 Å². The Morgan fingerprint density at radius 1 is 1.50 bits per heavy atom. The molecule has 0 aliphatic carbocycles. The summed E-state index contributed by atoms with van der Waals surface area (Å²) in [6, 6.07) is -0.389. The van der Waals surface area contributed by atoms with E-state index in [2.05, 4.69) is 5.32 Å². The van der Waals surface area contributed by atoms with Gasteiger partial charge in [-0.1, -0.05) is 11.8 Å². The maximum Gasteiger partial charge on any atom is 0.324 e. The second-order valence-electron chi connectivity index (χ2n) is 1.58. The lowest BCUT2D eigenvalue weighted by atomic mass is 10.8. The van der Waals surface area contributed by atoms with Crippen LogP contribution < -0.4 is 5.32 Å². The van der Waals surface area contributed by atoms with Gasteiger partial charge in [0, 0.05) is 14.1 Å². The Bertz CT molecular complexity index is 133. The summed E-state index contributed by atoms with van der Waals surface area (Å²) in [4.78, 5) is 22.5. The molecule has 3 amide bonds. The zero-order valence-corrected chi connectivity index (χ0v) is 6.99. The van der Waals surface area contributed by atoms with Crippen molar-refractivity contribution < 1.29 is 9.59 Å². The zero-order valence-electron chi connectivity index (χ0n) is 6.17. The number of carbonyl (C=O) groups excluding carboxylic acids is 2. The molecule has 0 aromatic rings. The number of hydrogen-bond donors (Lipinski definition) is 1. The van der Waals surface area contributed by atoms with Crippen LogP contribution in [0.5, 0.6) is 0 Å². The summed E-state index contributed by atoms with van der Waals surface area (Å²) in [7, 11) is 2.91. The minimum atomic E-state index is -0.389. The molecule has 1 N–H and O–H groups in total. The van der Waals surface area contributed by atoms with Crippen LogP contribution in [0.25, 0.3) is 0 Å². The molecular formula is C5H10N2O2S. The lowest BCUT2D eigenvalue weighted by molar-refractivity contribution is 0.209. The van der Waals surface area contributed by atoms with Crippen molar-refractivity contribution in [3.05, 3.63) is 0 Å². The Hall–Kier alpha value is -0.710. The van der Waals surface area contributed by atoms with Crippen LogP contribution in [-0.2, 0) is 0 Å². The second-order valence-corrected chi connectivity index (χ2v) is 2.34. The smallest absolute Gasteiger partial charge is 0.324 e. The van der Waals surface area contributed by atoms with Gasteiger partial charge in [0.05, 0.1) is 0 Å². The number of thioether (sulfide) groups is 1. The Balaban J connectivity index is 3.94. The summed E-state index contributed by atoms with van der Waals surface area (Å²) in [5, 5.41) is 2.07. The van der Waals surface area contributed by atoms with Crippen LogP contribution in [-0.4, -0.2) is 36.5 Å². The summed E-state index contributed by atoms with van der Waals surface area (Å²) >= 11 is 1.00. The number of amides is 3. The number of carbonyl (C=O) groups is 2. The molecule has 0 heterocycles. The molecule has 0 bridgehead atoms. The van der Waals surface area contributed by atoms with Crippen LogP contribution in [0.1, 0.15) is 0 Å². The van der Waals surface area contributed by atoms with E-state index in [1.54, 1.807) is 6.26 Å². The first-order valence-corrected chi connectivity index (χ1v) is 3.89. The molecule has 0 fully saturated rings. The standard InChI is InChI=1S/C5H10N2O2S/c1-6-4(8)7(2)5(9)10-3/h1-3H3,(H,6,8). The molecule has 0 atom stereocenters. The van der Waals surface area contributed by atoms with Crippen molar-refractivity contribution in [2.75, 3.05) is 20.4 Å². The first-order chi connectivity index (χ1) is 4.63. The van der Waals surface area contributed by atoms with E-state index < -0.39 is 0 Å². The molecule has 0 rings (SSSR count). The number of hydrogen-bond acceptors (Lipinski definition) is 3. The monoisotopic (exact) mass is 162 g/mol. The third-order valence-electron chi connectivity index (χ3n) is 0.967. The minimum Gasteiger partial charge on any atom is -0.341 e. The van der Waals surface area contributed by atoms with Gasteiger partial charge in [-0.2, -0.15) is 0 Å².